The maximum absolute atomic E-state index is 5.14. The standard InChI is InChI=1S/C31H25N3Se/c1-19-14-23(33-28(16-19)22-8-5-4-6-9-22)18-24-15-20(2)17-29(34-24)27-11-7-10-25-26-13-12-21(3)32-31(26)35-30(25)27/h4-17H,18H2,1-3H3. The normalized spacial score (nSPS) is 11.4. The molecular weight excluding hydrogens is 493 g/mol. The molecule has 6 aromatic rings. The summed E-state index contributed by atoms with van der Waals surface area (Å²) >= 11 is 0.182. The number of nitrogens with zero attached hydrogens (tertiary/aromatic N) is 3. The Morgan fingerprint density at radius 3 is 2.11 bits per heavy atom. The number of aromatic nitrogens is 3. The van der Waals surface area contributed by atoms with Crippen LogP contribution in [0.25, 0.3) is 41.9 Å². The van der Waals surface area contributed by atoms with Gasteiger partial charge in [-0.1, -0.05) is 6.07 Å². The average molecular weight is 519 g/mol. The molecule has 0 fully saturated rings. The van der Waals surface area contributed by atoms with Crippen molar-refractivity contribution in [2.24, 2.45) is 0 Å². The molecule has 0 amide bonds. The number of rotatable bonds is 4. The number of benzene rings is 2. The van der Waals surface area contributed by atoms with Gasteiger partial charge in [-0.15, -0.1) is 0 Å². The van der Waals surface area contributed by atoms with Crippen molar-refractivity contribution in [2.75, 3.05) is 0 Å². The second kappa shape index (κ2) is 8.88. The first-order valence-corrected chi connectivity index (χ1v) is 13.5. The fraction of sp³-hybridized carbons (Fsp3) is 0.129. The Kier molecular flexibility index (Phi) is 5.56. The van der Waals surface area contributed by atoms with Crippen LogP contribution < -0.4 is 0 Å². The van der Waals surface area contributed by atoms with Crippen molar-refractivity contribution >= 4 is 33.9 Å². The Labute approximate surface area is 211 Å². The maximum atomic E-state index is 5.14. The van der Waals surface area contributed by atoms with Crippen LogP contribution in [-0.2, 0) is 6.42 Å². The quantitative estimate of drug-likeness (QED) is 0.234. The van der Waals surface area contributed by atoms with Gasteiger partial charge in [-0.05, 0) is 0 Å². The van der Waals surface area contributed by atoms with Crippen molar-refractivity contribution in [1.82, 2.24) is 15.0 Å². The third kappa shape index (κ3) is 4.32. The molecule has 2 aromatic carbocycles. The van der Waals surface area contributed by atoms with Crippen LogP contribution in [0.3, 0.4) is 0 Å². The zero-order valence-corrected chi connectivity index (χ0v) is 21.8. The van der Waals surface area contributed by atoms with Crippen LogP contribution in [0.5, 0.6) is 0 Å². The van der Waals surface area contributed by atoms with Gasteiger partial charge in [-0.2, -0.15) is 0 Å². The summed E-state index contributed by atoms with van der Waals surface area (Å²) in [7, 11) is 0. The SMILES string of the molecule is Cc1cc(Cc2cc(C)cc(-c3cccc4c3[se]c3nc(C)ccc34)n2)nc(-c2ccccc2)c1. The van der Waals surface area contributed by atoms with Crippen LogP contribution in [0.15, 0.2) is 84.9 Å². The number of fused-ring (bicyclic) bond motifs is 3. The van der Waals surface area contributed by atoms with E-state index in [0.29, 0.717) is 6.42 Å². The molecule has 3 nitrogen and oxygen atoms in total. The molecule has 4 heteroatoms. The van der Waals surface area contributed by atoms with E-state index in [1.54, 1.807) is 0 Å². The van der Waals surface area contributed by atoms with Crippen LogP contribution in [0.2, 0.25) is 0 Å². The molecule has 4 heterocycles. The van der Waals surface area contributed by atoms with Crippen LogP contribution in [0, 0.1) is 20.8 Å². The van der Waals surface area contributed by atoms with Crippen LogP contribution in [0.1, 0.15) is 28.2 Å². The monoisotopic (exact) mass is 519 g/mol. The van der Waals surface area contributed by atoms with E-state index < -0.39 is 0 Å². The van der Waals surface area contributed by atoms with Crippen molar-refractivity contribution in [3.63, 3.8) is 0 Å². The summed E-state index contributed by atoms with van der Waals surface area (Å²) in [5, 5.41) is 2.58. The third-order valence-electron chi connectivity index (χ3n) is 6.26. The summed E-state index contributed by atoms with van der Waals surface area (Å²) in [5.74, 6) is 0. The Bertz CT molecular complexity index is 1700. The van der Waals surface area contributed by atoms with E-state index in [9.17, 15) is 0 Å². The summed E-state index contributed by atoms with van der Waals surface area (Å²) in [4.78, 5) is 15.0. The molecule has 0 aliphatic heterocycles. The number of hydrogen-bond donors (Lipinski definition) is 0. The van der Waals surface area contributed by atoms with Crippen molar-refractivity contribution in [3.05, 3.63) is 113 Å². The van der Waals surface area contributed by atoms with Crippen molar-refractivity contribution in [3.8, 4) is 22.5 Å². The fourth-order valence-electron chi connectivity index (χ4n) is 4.71. The molecule has 170 valence electrons. The summed E-state index contributed by atoms with van der Waals surface area (Å²) in [6, 6.07) is 30.0. The van der Waals surface area contributed by atoms with Gasteiger partial charge in [0.25, 0.3) is 0 Å². The van der Waals surface area contributed by atoms with Crippen LogP contribution in [0.4, 0.5) is 0 Å². The first-order chi connectivity index (χ1) is 17.0. The van der Waals surface area contributed by atoms with E-state index in [2.05, 4.69) is 99.6 Å². The predicted octanol–water partition coefficient (Wildman–Crippen LogP) is 7.09. The number of pyridine rings is 3. The van der Waals surface area contributed by atoms with E-state index in [4.69, 9.17) is 15.0 Å². The van der Waals surface area contributed by atoms with Gasteiger partial charge in [0.15, 0.2) is 0 Å². The van der Waals surface area contributed by atoms with Gasteiger partial charge in [0.05, 0.1) is 0 Å². The average Bonchev–Trinajstić information content (AvgIpc) is 3.21. The van der Waals surface area contributed by atoms with Crippen molar-refractivity contribution in [2.45, 2.75) is 27.2 Å². The van der Waals surface area contributed by atoms with Gasteiger partial charge >= 0.3 is 206 Å². The van der Waals surface area contributed by atoms with E-state index in [0.717, 1.165) is 34.0 Å². The zero-order valence-electron chi connectivity index (χ0n) is 20.0. The second-order valence-corrected chi connectivity index (χ2v) is 11.3. The molecule has 0 bridgehead atoms. The molecule has 0 N–H and O–H groups in total. The molecule has 0 aliphatic rings. The molecule has 0 atom stereocenters. The molecule has 4 aromatic heterocycles. The zero-order chi connectivity index (χ0) is 23.9. The van der Waals surface area contributed by atoms with E-state index in [1.807, 2.05) is 6.07 Å². The second-order valence-electron chi connectivity index (χ2n) is 9.17. The van der Waals surface area contributed by atoms with Crippen molar-refractivity contribution < 1.29 is 0 Å². The van der Waals surface area contributed by atoms with Gasteiger partial charge in [0.1, 0.15) is 0 Å². The predicted molar refractivity (Wildman–Crippen MR) is 146 cm³/mol. The van der Waals surface area contributed by atoms with Gasteiger partial charge in [0.2, 0.25) is 0 Å². The van der Waals surface area contributed by atoms with Gasteiger partial charge in [0, 0.05) is 0 Å². The minimum atomic E-state index is 0.182. The topological polar surface area (TPSA) is 38.7 Å². The minimum absolute atomic E-state index is 0.182. The molecule has 0 unspecified atom stereocenters. The Hall–Kier alpha value is -3.59. The third-order valence-corrected chi connectivity index (χ3v) is 8.67. The number of aryl methyl sites for hydroxylation is 3. The Morgan fingerprint density at radius 2 is 1.34 bits per heavy atom. The summed E-state index contributed by atoms with van der Waals surface area (Å²) < 4.78 is 2.61. The first-order valence-electron chi connectivity index (χ1n) is 11.8. The molecule has 0 saturated carbocycles. The summed E-state index contributed by atoms with van der Waals surface area (Å²) in [5.41, 5.74) is 10.0. The molecule has 0 radical (unpaired) electrons. The molecule has 6 rings (SSSR count). The van der Waals surface area contributed by atoms with Crippen molar-refractivity contribution in [1.29, 1.82) is 0 Å². The van der Waals surface area contributed by atoms with E-state index in [-0.39, 0.29) is 14.5 Å². The molecular formula is C31H25N3Se. The van der Waals surface area contributed by atoms with E-state index >= 15 is 0 Å². The molecule has 0 aliphatic carbocycles. The Morgan fingerprint density at radius 1 is 0.629 bits per heavy atom. The summed E-state index contributed by atoms with van der Waals surface area (Å²) in [6.45, 7) is 6.36. The molecule has 0 saturated heterocycles. The number of hydrogen-bond acceptors (Lipinski definition) is 3. The van der Waals surface area contributed by atoms with Crippen LogP contribution >= 0.6 is 0 Å². The van der Waals surface area contributed by atoms with Gasteiger partial charge < -0.3 is 0 Å². The molecule has 0 spiro atoms. The van der Waals surface area contributed by atoms with Gasteiger partial charge in [-0.3, -0.25) is 0 Å². The van der Waals surface area contributed by atoms with Crippen LogP contribution in [-0.4, -0.2) is 29.5 Å². The molecule has 35 heavy (non-hydrogen) atoms. The van der Waals surface area contributed by atoms with E-state index in [1.165, 1.54) is 36.1 Å². The summed E-state index contributed by atoms with van der Waals surface area (Å²) in [6.07, 6.45) is 0.706. The first kappa shape index (κ1) is 21.9. The fourth-order valence-corrected chi connectivity index (χ4v) is 7.32. The van der Waals surface area contributed by atoms with Gasteiger partial charge in [-0.25, -0.2) is 0 Å². The Balaban J connectivity index is 1.42.